The van der Waals surface area contributed by atoms with Crippen LogP contribution in [0.15, 0.2) is 23.3 Å². The molecule has 6 heteroatoms. The van der Waals surface area contributed by atoms with Gasteiger partial charge in [0.2, 0.25) is 0 Å². The Kier molecular flexibility index (Phi) is 6.06. The number of nitrogens with one attached hydrogen (secondary N) is 1. The summed E-state index contributed by atoms with van der Waals surface area (Å²) in [5.74, 6) is 6.09. The highest BCUT2D eigenvalue weighted by Crippen LogP contribution is 2.27. The highest BCUT2D eigenvalue weighted by Gasteiger charge is 2.16. The summed E-state index contributed by atoms with van der Waals surface area (Å²) in [5.41, 5.74) is 0.804. The molecule has 6 nitrogen and oxygen atoms in total. The first-order valence-corrected chi connectivity index (χ1v) is 7.56. The van der Waals surface area contributed by atoms with E-state index in [0.717, 1.165) is 18.4 Å². The first kappa shape index (κ1) is 16.1. The van der Waals surface area contributed by atoms with Crippen molar-refractivity contribution in [2.45, 2.75) is 38.1 Å². The van der Waals surface area contributed by atoms with Crippen LogP contribution in [-0.4, -0.2) is 31.9 Å². The fourth-order valence-electron chi connectivity index (χ4n) is 2.63. The normalized spacial score (nSPS) is 15.7. The molecular weight excluding hydrogens is 282 g/mol. The number of hydrogen-bond donors (Lipinski definition) is 2. The van der Waals surface area contributed by atoms with Gasteiger partial charge in [-0.05, 0) is 36.6 Å². The van der Waals surface area contributed by atoms with E-state index in [4.69, 9.17) is 15.3 Å². The van der Waals surface area contributed by atoms with Gasteiger partial charge in [-0.25, -0.2) is 0 Å². The summed E-state index contributed by atoms with van der Waals surface area (Å²) < 4.78 is 10.8. The quantitative estimate of drug-likeness (QED) is 0.477. The molecule has 0 radical (unpaired) electrons. The van der Waals surface area contributed by atoms with Gasteiger partial charge in [0.05, 0.1) is 13.3 Å². The summed E-state index contributed by atoms with van der Waals surface area (Å²) in [6.45, 7) is -0.0167. The van der Waals surface area contributed by atoms with Crippen LogP contribution in [-0.2, 0) is 4.79 Å². The lowest BCUT2D eigenvalue weighted by Gasteiger charge is -2.22. The maximum atomic E-state index is 11.9. The zero-order valence-electron chi connectivity index (χ0n) is 12.9. The molecule has 1 amide bonds. The van der Waals surface area contributed by atoms with Crippen LogP contribution in [0.4, 0.5) is 0 Å². The Morgan fingerprint density at radius 1 is 1.36 bits per heavy atom. The van der Waals surface area contributed by atoms with Crippen LogP contribution in [0.2, 0.25) is 0 Å². The highest BCUT2D eigenvalue weighted by molar-refractivity contribution is 5.81. The second-order valence-corrected chi connectivity index (χ2v) is 5.38. The molecule has 2 rings (SSSR count). The Hall–Kier alpha value is -2.24. The SMILES string of the molecule is COc1cc(C=NN)ccc1OCC(=O)NC1CCCCC1. The van der Waals surface area contributed by atoms with Crippen molar-refractivity contribution in [2.24, 2.45) is 10.9 Å². The Bertz CT molecular complexity index is 525. The Labute approximate surface area is 130 Å². The van der Waals surface area contributed by atoms with E-state index in [0.29, 0.717) is 11.5 Å². The van der Waals surface area contributed by atoms with E-state index in [1.807, 2.05) is 0 Å². The molecule has 22 heavy (non-hydrogen) atoms. The molecule has 3 N–H and O–H groups in total. The minimum atomic E-state index is -0.0958. The third kappa shape index (κ3) is 4.65. The standard InChI is InChI=1S/C16H23N3O3/c1-21-15-9-12(10-18-17)7-8-14(15)22-11-16(20)19-13-5-3-2-4-6-13/h7-10,13H,2-6,11,17H2,1H3,(H,19,20). The topological polar surface area (TPSA) is 85.9 Å². The van der Waals surface area contributed by atoms with Crippen molar-refractivity contribution in [3.05, 3.63) is 23.8 Å². The first-order chi connectivity index (χ1) is 10.7. The van der Waals surface area contributed by atoms with Crippen LogP contribution >= 0.6 is 0 Å². The van der Waals surface area contributed by atoms with Gasteiger partial charge in [-0.15, -0.1) is 0 Å². The zero-order chi connectivity index (χ0) is 15.8. The zero-order valence-corrected chi connectivity index (χ0v) is 12.9. The van der Waals surface area contributed by atoms with Crippen LogP contribution in [0, 0.1) is 0 Å². The molecule has 0 saturated heterocycles. The van der Waals surface area contributed by atoms with E-state index in [1.54, 1.807) is 25.3 Å². The van der Waals surface area contributed by atoms with Crippen LogP contribution < -0.4 is 20.6 Å². The molecule has 0 bridgehead atoms. The third-order valence-corrected chi connectivity index (χ3v) is 3.74. The van der Waals surface area contributed by atoms with E-state index < -0.39 is 0 Å². The van der Waals surface area contributed by atoms with Crippen molar-refractivity contribution in [2.75, 3.05) is 13.7 Å². The number of hydrogen-bond acceptors (Lipinski definition) is 5. The van der Waals surface area contributed by atoms with Gasteiger partial charge in [-0.1, -0.05) is 19.3 Å². The van der Waals surface area contributed by atoms with Gasteiger partial charge >= 0.3 is 0 Å². The Balaban J connectivity index is 1.88. The Morgan fingerprint density at radius 2 is 2.14 bits per heavy atom. The van der Waals surface area contributed by atoms with Crippen molar-refractivity contribution >= 4 is 12.1 Å². The van der Waals surface area contributed by atoms with Gasteiger partial charge in [0.1, 0.15) is 0 Å². The smallest absolute Gasteiger partial charge is 0.258 e. The van der Waals surface area contributed by atoms with Crippen LogP contribution in [0.1, 0.15) is 37.7 Å². The van der Waals surface area contributed by atoms with Gasteiger partial charge < -0.3 is 20.6 Å². The number of carbonyl (C=O) groups excluding carboxylic acids is 1. The maximum Gasteiger partial charge on any atom is 0.258 e. The minimum Gasteiger partial charge on any atom is -0.493 e. The molecule has 0 unspecified atom stereocenters. The van der Waals surface area contributed by atoms with Gasteiger partial charge in [0.15, 0.2) is 18.1 Å². The summed E-state index contributed by atoms with van der Waals surface area (Å²) in [6.07, 6.45) is 7.26. The lowest BCUT2D eigenvalue weighted by atomic mass is 9.95. The second-order valence-electron chi connectivity index (χ2n) is 5.38. The molecule has 1 aromatic rings. The number of amides is 1. The van der Waals surface area contributed by atoms with Crippen molar-refractivity contribution in [1.82, 2.24) is 5.32 Å². The number of carbonyl (C=O) groups is 1. The number of rotatable bonds is 6. The third-order valence-electron chi connectivity index (χ3n) is 3.74. The minimum absolute atomic E-state index is 0.0167. The Morgan fingerprint density at radius 3 is 2.82 bits per heavy atom. The fourth-order valence-corrected chi connectivity index (χ4v) is 2.63. The molecule has 0 spiro atoms. The van der Waals surface area contributed by atoms with Gasteiger partial charge in [0.25, 0.3) is 5.91 Å². The second kappa shape index (κ2) is 8.26. The number of nitrogens with two attached hydrogens (primary N) is 1. The molecule has 1 fully saturated rings. The predicted molar refractivity (Wildman–Crippen MR) is 85.3 cm³/mol. The molecule has 1 aromatic carbocycles. The highest BCUT2D eigenvalue weighted by atomic mass is 16.5. The summed E-state index contributed by atoms with van der Waals surface area (Å²) in [6, 6.07) is 5.58. The van der Waals surface area contributed by atoms with Crippen molar-refractivity contribution in [1.29, 1.82) is 0 Å². The summed E-state index contributed by atoms with van der Waals surface area (Å²) in [4.78, 5) is 11.9. The van der Waals surface area contributed by atoms with Crippen molar-refractivity contribution < 1.29 is 14.3 Å². The summed E-state index contributed by atoms with van der Waals surface area (Å²) >= 11 is 0. The first-order valence-electron chi connectivity index (χ1n) is 7.56. The van der Waals surface area contributed by atoms with Crippen LogP contribution in [0.25, 0.3) is 0 Å². The van der Waals surface area contributed by atoms with Gasteiger partial charge in [-0.3, -0.25) is 4.79 Å². The van der Waals surface area contributed by atoms with Crippen molar-refractivity contribution in [3.63, 3.8) is 0 Å². The van der Waals surface area contributed by atoms with Crippen LogP contribution in [0.3, 0.4) is 0 Å². The number of benzene rings is 1. The average Bonchev–Trinajstić information content (AvgIpc) is 2.54. The van der Waals surface area contributed by atoms with Crippen molar-refractivity contribution in [3.8, 4) is 11.5 Å². The summed E-state index contributed by atoms with van der Waals surface area (Å²) in [7, 11) is 1.55. The molecule has 120 valence electrons. The van der Waals surface area contributed by atoms with E-state index in [9.17, 15) is 4.79 Å². The van der Waals surface area contributed by atoms with Gasteiger partial charge in [0, 0.05) is 6.04 Å². The fraction of sp³-hybridized carbons (Fsp3) is 0.500. The average molecular weight is 305 g/mol. The number of ether oxygens (including phenoxy) is 2. The van der Waals surface area contributed by atoms with E-state index >= 15 is 0 Å². The van der Waals surface area contributed by atoms with E-state index in [-0.39, 0.29) is 18.6 Å². The molecule has 0 atom stereocenters. The van der Waals surface area contributed by atoms with Crippen LogP contribution in [0.5, 0.6) is 11.5 Å². The predicted octanol–water partition coefficient (Wildman–Crippen LogP) is 1.82. The molecule has 0 heterocycles. The number of methoxy groups -OCH3 is 1. The molecule has 0 aromatic heterocycles. The molecule has 0 aliphatic heterocycles. The molecule has 1 saturated carbocycles. The van der Waals surface area contributed by atoms with Gasteiger partial charge in [-0.2, -0.15) is 5.10 Å². The van der Waals surface area contributed by atoms with E-state index in [2.05, 4.69) is 10.4 Å². The molecule has 1 aliphatic rings. The monoisotopic (exact) mass is 305 g/mol. The largest absolute Gasteiger partial charge is 0.493 e. The van der Waals surface area contributed by atoms with E-state index in [1.165, 1.54) is 25.5 Å². The number of nitrogens with zero attached hydrogens (tertiary/aromatic N) is 1. The lowest BCUT2D eigenvalue weighted by Crippen LogP contribution is -2.39. The maximum absolute atomic E-state index is 11.9. The lowest BCUT2D eigenvalue weighted by molar-refractivity contribution is -0.124. The number of hydrazone groups is 1. The summed E-state index contributed by atoms with van der Waals surface area (Å²) in [5, 5.41) is 6.48. The molecular formula is C16H23N3O3. The molecule has 1 aliphatic carbocycles.